The van der Waals surface area contributed by atoms with Gasteiger partial charge in [-0.2, -0.15) is 13.2 Å². The molecule has 3 rings (SSSR count). The molecular formula is C19H19ClF3N3O2. The fourth-order valence-electron chi connectivity index (χ4n) is 3.12. The molecule has 1 aromatic carbocycles. The van der Waals surface area contributed by atoms with E-state index in [0.717, 1.165) is 13.8 Å². The summed E-state index contributed by atoms with van der Waals surface area (Å²) in [5.74, 6) is -0.918. The number of halogens is 4. The van der Waals surface area contributed by atoms with E-state index in [4.69, 9.17) is 11.6 Å². The van der Waals surface area contributed by atoms with Crippen LogP contribution in [0.1, 0.15) is 19.4 Å². The number of hydrogen-bond donors (Lipinski definition) is 3. The first-order valence-corrected chi connectivity index (χ1v) is 8.86. The molecule has 0 aliphatic carbocycles. The quantitative estimate of drug-likeness (QED) is 0.709. The molecule has 0 fully saturated rings. The van der Waals surface area contributed by atoms with Crippen molar-refractivity contribution in [2.45, 2.75) is 37.8 Å². The van der Waals surface area contributed by atoms with Gasteiger partial charge in [0, 0.05) is 16.8 Å². The number of carbonyl (C=O) groups excluding carboxylic acids is 1. The number of hydrogen-bond acceptors (Lipinski definition) is 4. The van der Waals surface area contributed by atoms with E-state index in [1.807, 2.05) is 5.32 Å². The molecule has 5 nitrogen and oxygen atoms in total. The lowest BCUT2D eigenvalue weighted by atomic mass is 9.98. The van der Waals surface area contributed by atoms with E-state index in [0.29, 0.717) is 22.0 Å². The highest BCUT2D eigenvalue weighted by Crippen LogP contribution is 2.33. The Kier molecular flexibility index (Phi) is 5.20. The number of allylic oxidation sites excluding steroid dienone is 3. The number of rotatable bonds is 4. The number of nitrogens with one attached hydrogen (secondary N) is 2. The second-order valence-corrected chi connectivity index (χ2v) is 7.50. The second-order valence-electron chi connectivity index (χ2n) is 7.06. The number of aliphatic hydroxyl groups is 1. The van der Waals surface area contributed by atoms with Crippen LogP contribution in [0.2, 0.25) is 5.02 Å². The van der Waals surface area contributed by atoms with Crippen molar-refractivity contribution in [3.8, 4) is 0 Å². The highest BCUT2D eigenvalue weighted by molar-refractivity contribution is 6.30. The summed E-state index contributed by atoms with van der Waals surface area (Å²) in [5, 5.41) is 15.3. The Hall–Kier alpha value is -2.45. The van der Waals surface area contributed by atoms with Gasteiger partial charge in [0.2, 0.25) is 0 Å². The molecule has 2 aliphatic heterocycles. The van der Waals surface area contributed by atoms with Gasteiger partial charge in [-0.05, 0) is 38.1 Å². The van der Waals surface area contributed by atoms with Crippen molar-refractivity contribution >= 4 is 23.2 Å². The van der Waals surface area contributed by atoms with Gasteiger partial charge in [0.05, 0.1) is 17.0 Å². The van der Waals surface area contributed by atoms with Crippen molar-refractivity contribution in [3.05, 3.63) is 65.0 Å². The van der Waals surface area contributed by atoms with Crippen molar-refractivity contribution in [1.82, 2.24) is 15.5 Å². The summed E-state index contributed by atoms with van der Waals surface area (Å²) in [4.78, 5) is 14.2. The molecule has 2 aliphatic rings. The topological polar surface area (TPSA) is 64.6 Å². The maximum atomic E-state index is 13.3. The molecule has 0 aromatic heterocycles. The van der Waals surface area contributed by atoms with E-state index >= 15 is 0 Å². The first-order chi connectivity index (χ1) is 13.0. The first-order valence-electron chi connectivity index (χ1n) is 8.48. The molecule has 0 saturated carbocycles. The fraction of sp³-hybridized carbons (Fsp3) is 0.316. The smallest absolute Gasteiger partial charge is 0.388 e. The van der Waals surface area contributed by atoms with Crippen LogP contribution in [0.5, 0.6) is 0 Å². The van der Waals surface area contributed by atoms with Crippen LogP contribution < -0.4 is 10.6 Å². The number of nitrogens with zero attached hydrogens (tertiary/aromatic N) is 1. The summed E-state index contributed by atoms with van der Waals surface area (Å²) >= 11 is 6.04. The number of amides is 1. The van der Waals surface area contributed by atoms with Crippen LogP contribution in [0.3, 0.4) is 0 Å². The zero-order valence-electron chi connectivity index (χ0n) is 15.1. The Morgan fingerprint density at radius 1 is 1.32 bits per heavy atom. The molecular weight excluding hydrogens is 395 g/mol. The number of carbonyl (C=O) groups is 1. The molecule has 9 heteroatoms. The van der Waals surface area contributed by atoms with Crippen LogP contribution in [0.25, 0.3) is 5.70 Å². The Bertz CT molecular complexity index is 858. The van der Waals surface area contributed by atoms with Crippen LogP contribution in [0.15, 0.2) is 54.4 Å². The highest BCUT2D eigenvalue weighted by atomic mass is 35.5. The predicted octanol–water partition coefficient (Wildman–Crippen LogP) is 3.14. The average Bonchev–Trinajstić information content (AvgIpc) is 2.97. The van der Waals surface area contributed by atoms with Gasteiger partial charge in [-0.1, -0.05) is 29.8 Å². The lowest BCUT2D eigenvalue weighted by Gasteiger charge is -2.34. The number of benzene rings is 1. The number of fused-ring (bicyclic) bond motifs is 1. The summed E-state index contributed by atoms with van der Waals surface area (Å²) in [6, 6.07) is 4.48. The number of alkyl halides is 3. The van der Waals surface area contributed by atoms with Crippen LogP contribution in [0.4, 0.5) is 13.2 Å². The third-order valence-electron chi connectivity index (χ3n) is 4.39. The van der Waals surface area contributed by atoms with Crippen molar-refractivity contribution in [3.63, 3.8) is 0 Å². The second kappa shape index (κ2) is 7.18. The minimum atomic E-state index is -4.81. The summed E-state index contributed by atoms with van der Waals surface area (Å²) in [6.45, 7) is 2.00. The van der Waals surface area contributed by atoms with Crippen molar-refractivity contribution in [1.29, 1.82) is 0 Å². The highest BCUT2D eigenvalue weighted by Gasteiger charge is 2.50. The van der Waals surface area contributed by atoms with Gasteiger partial charge in [0.25, 0.3) is 5.91 Å². The average molecular weight is 414 g/mol. The molecule has 2 heterocycles. The lowest BCUT2D eigenvalue weighted by molar-refractivity contribution is -0.197. The van der Waals surface area contributed by atoms with Gasteiger partial charge >= 0.3 is 6.18 Å². The Labute approximate surface area is 165 Å². The standard InChI is InChI=1S/C19H19ClF3N3O2/c1-18(2,28)17(19(21,22)23)25-16(27)15-24-14(11-6-5-7-12(20)10-11)13-8-3-4-9-26(13)15/h3-10,15,17,24,28H,1-2H3,(H,25,27). The van der Waals surface area contributed by atoms with E-state index in [9.17, 15) is 23.1 Å². The van der Waals surface area contributed by atoms with Gasteiger partial charge in [-0.25, -0.2) is 0 Å². The van der Waals surface area contributed by atoms with E-state index < -0.39 is 29.9 Å². The summed E-state index contributed by atoms with van der Waals surface area (Å²) in [6.07, 6.45) is 0.843. The van der Waals surface area contributed by atoms with Crippen molar-refractivity contribution in [2.24, 2.45) is 0 Å². The molecule has 0 bridgehead atoms. The molecule has 0 spiro atoms. The largest absolute Gasteiger partial charge is 0.411 e. The van der Waals surface area contributed by atoms with Gasteiger partial charge in [0.1, 0.15) is 0 Å². The zero-order chi connectivity index (χ0) is 20.7. The molecule has 28 heavy (non-hydrogen) atoms. The molecule has 150 valence electrons. The molecule has 2 unspecified atom stereocenters. The Morgan fingerprint density at radius 3 is 2.64 bits per heavy atom. The molecule has 1 aromatic rings. The maximum Gasteiger partial charge on any atom is 0.411 e. The maximum absolute atomic E-state index is 13.3. The van der Waals surface area contributed by atoms with E-state index in [2.05, 4.69) is 5.32 Å². The monoisotopic (exact) mass is 413 g/mol. The Balaban J connectivity index is 1.89. The molecule has 2 atom stereocenters. The summed E-state index contributed by atoms with van der Waals surface area (Å²) in [5.41, 5.74) is -0.305. The molecule has 0 radical (unpaired) electrons. The van der Waals surface area contributed by atoms with Gasteiger partial charge < -0.3 is 20.6 Å². The SMILES string of the molecule is CC(C)(O)C(NC(=O)C1NC(c2cccc(Cl)c2)=C2C=CC=CN21)C(F)(F)F. The van der Waals surface area contributed by atoms with Crippen molar-refractivity contribution < 1.29 is 23.1 Å². The zero-order valence-corrected chi connectivity index (χ0v) is 15.8. The minimum Gasteiger partial charge on any atom is -0.388 e. The summed E-state index contributed by atoms with van der Waals surface area (Å²) < 4.78 is 40.0. The fourth-order valence-corrected chi connectivity index (χ4v) is 3.31. The normalized spacial score (nSPS) is 20.1. The van der Waals surface area contributed by atoms with E-state index in [1.54, 1.807) is 48.7 Å². The van der Waals surface area contributed by atoms with Gasteiger partial charge in [-0.15, -0.1) is 0 Å². The van der Waals surface area contributed by atoms with Gasteiger partial charge in [0.15, 0.2) is 12.2 Å². The van der Waals surface area contributed by atoms with Crippen LogP contribution in [-0.2, 0) is 4.79 Å². The Morgan fingerprint density at radius 2 is 2.04 bits per heavy atom. The minimum absolute atomic E-state index is 0.487. The predicted molar refractivity (Wildman–Crippen MR) is 99.7 cm³/mol. The van der Waals surface area contributed by atoms with Crippen LogP contribution in [0, 0.1) is 0 Å². The molecule has 1 amide bonds. The van der Waals surface area contributed by atoms with Crippen molar-refractivity contribution in [2.75, 3.05) is 0 Å². The lowest BCUT2D eigenvalue weighted by Crippen LogP contribution is -2.61. The van der Waals surface area contributed by atoms with Gasteiger partial charge in [-0.3, -0.25) is 4.79 Å². The van der Waals surface area contributed by atoms with E-state index in [1.165, 1.54) is 4.90 Å². The molecule has 3 N–H and O–H groups in total. The summed E-state index contributed by atoms with van der Waals surface area (Å²) in [7, 11) is 0. The molecule has 0 saturated heterocycles. The third-order valence-corrected chi connectivity index (χ3v) is 4.62. The van der Waals surface area contributed by atoms with Crippen LogP contribution >= 0.6 is 11.6 Å². The third kappa shape index (κ3) is 4.02. The van der Waals surface area contributed by atoms with Crippen LogP contribution in [-0.4, -0.2) is 39.9 Å². The first kappa shape index (κ1) is 20.3. The van der Waals surface area contributed by atoms with E-state index in [-0.39, 0.29) is 0 Å².